The highest BCUT2D eigenvalue weighted by Gasteiger charge is 2.27. The van der Waals surface area contributed by atoms with Gasteiger partial charge in [0.1, 0.15) is 11.6 Å². The quantitative estimate of drug-likeness (QED) is 0.268. The van der Waals surface area contributed by atoms with Crippen molar-refractivity contribution in [3.05, 3.63) is 11.6 Å². The highest BCUT2D eigenvalue weighted by atomic mass is 127. The van der Waals surface area contributed by atoms with Crippen LogP contribution in [0.25, 0.3) is 0 Å². The SMILES string of the molecule is CCN(CC)C1CCN(C(=NC)NCCCc2nnc3n2CCCCC3)C1.I. The lowest BCUT2D eigenvalue weighted by molar-refractivity contribution is 0.223. The first-order chi connectivity index (χ1) is 13.3. The molecular weight excluding hydrogens is 465 g/mol. The summed E-state index contributed by atoms with van der Waals surface area (Å²) in [5.41, 5.74) is 0. The Hall–Kier alpha value is -0.900. The van der Waals surface area contributed by atoms with Crippen molar-refractivity contribution in [2.45, 2.75) is 71.4 Å². The minimum atomic E-state index is 0. The molecular formula is C20H38IN7. The number of nitrogens with zero attached hydrogens (tertiary/aromatic N) is 6. The van der Waals surface area contributed by atoms with E-state index < -0.39 is 0 Å². The first-order valence-electron chi connectivity index (χ1n) is 10.9. The molecule has 0 saturated carbocycles. The first-order valence-corrected chi connectivity index (χ1v) is 10.9. The molecule has 1 aromatic heterocycles. The van der Waals surface area contributed by atoms with Gasteiger partial charge in [0.15, 0.2) is 5.96 Å². The highest BCUT2D eigenvalue weighted by molar-refractivity contribution is 14.0. The second-order valence-corrected chi connectivity index (χ2v) is 7.68. The predicted octanol–water partition coefficient (Wildman–Crippen LogP) is 2.55. The number of aryl methyl sites for hydroxylation is 2. The molecule has 7 nitrogen and oxygen atoms in total. The summed E-state index contributed by atoms with van der Waals surface area (Å²) < 4.78 is 2.36. The summed E-state index contributed by atoms with van der Waals surface area (Å²) in [6, 6.07) is 0.657. The molecule has 1 atom stereocenters. The molecule has 28 heavy (non-hydrogen) atoms. The van der Waals surface area contributed by atoms with E-state index in [1.165, 1.54) is 31.5 Å². The molecule has 1 fully saturated rings. The largest absolute Gasteiger partial charge is 0.356 e. The van der Waals surface area contributed by atoms with E-state index in [1.54, 1.807) is 0 Å². The van der Waals surface area contributed by atoms with Gasteiger partial charge < -0.3 is 14.8 Å². The summed E-state index contributed by atoms with van der Waals surface area (Å²) in [5, 5.41) is 12.4. The Balaban J connectivity index is 0.00000280. The van der Waals surface area contributed by atoms with Gasteiger partial charge in [-0.2, -0.15) is 0 Å². The molecule has 1 unspecified atom stereocenters. The van der Waals surface area contributed by atoms with Crippen molar-refractivity contribution < 1.29 is 0 Å². The van der Waals surface area contributed by atoms with Gasteiger partial charge in [-0.15, -0.1) is 34.2 Å². The number of guanidine groups is 1. The summed E-state index contributed by atoms with van der Waals surface area (Å²) in [5.74, 6) is 3.39. The molecule has 3 rings (SSSR count). The van der Waals surface area contributed by atoms with Crippen LogP contribution in [-0.2, 0) is 19.4 Å². The maximum absolute atomic E-state index is 4.51. The number of likely N-dealkylation sites (tertiary alicyclic amines) is 1. The van der Waals surface area contributed by atoms with Gasteiger partial charge in [0.2, 0.25) is 0 Å². The monoisotopic (exact) mass is 503 g/mol. The lowest BCUT2D eigenvalue weighted by Crippen LogP contribution is -2.43. The number of nitrogens with one attached hydrogen (secondary N) is 1. The molecule has 0 radical (unpaired) electrons. The molecule has 8 heteroatoms. The van der Waals surface area contributed by atoms with Crippen molar-refractivity contribution >= 4 is 29.9 Å². The third-order valence-corrected chi connectivity index (χ3v) is 6.05. The van der Waals surface area contributed by atoms with E-state index in [4.69, 9.17) is 0 Å². The third-order valence-electron chi connectivity index (χ3n) is 6.05. The zero-order valence-corrected chi connectivity index (χ0v) is 20.2. The van der Waals surface area contributed by atoms with Crippen LogP contribution in [0.5, 0.6) is 0 Å². The summed E-state index contributed by atoms with van der Waals surface area (Å²) >= 11 is 0. The van der Waals surface area contributed by atoms with Gasteiger partial charge in [0.05, 0.1) is 0 Å². The van der Waals surface area contributed by atoms with Gasteiger partial charge in [0, 0.05) is 52.1 Å². The Morgan fingerprint density at radius 1 is 1.18 bits per heavy atom. The molecule has 0 aliphatic carbocycles. The highest BCUT2D eigenvalue weighted by Crippen LogP contribution is 2.16. The van der Waals surface area contributed by atoms with Gasteiger partial charge in [-0.25, -0.2) is 0 Å². The van der Waals surface area contributed by atoms with Gasteiger partial charge >= 0.3 is 0 Å². The summed E-state index contributed by atoms with van der Waals surface area (Å²) in [7, 11) is 1.89. The van der Waals surface area contributed by atoms with E-state index in [1.807, 2.05) is 7.05 Å². The fourth-order valence-corrected chi connectivity index (χ4v) is 4.48. The molecule has 1 aromatic rings. The third kappa shape index (κ3) is 5.81. The standard InChI is InChI=1S/C20H37N7.HI/c1-4-25(5-2)17-12-15-26(16-17)20(21-3)22-13-9-11-19-24-23-18-10-7-6-8-14-27(18)19;/h17H,4-16H2,1-3H3,(H,21,22);1H. The van der Waals surface area contributed by atoms with Crippen LogP contribution in [0.2, 0.25) is 0 Å². The van der Waals surface area contributed by atoms with Gasteiger partial charge in [0.25, 0.3) is 0 Å². The van der Waals surface area contributed by atoms with Crippen LogP contribution in [0.4, 0.5) is 0 Å². The van der Waals surface area contributed by atoms with Crippen molar-refractivity contribution in [1.29, 1.82) is 0 Å². The molecule has 2 aliphatic rings. The number of hydrogen-bond acceptors (Lipinski definition) is 4. The second-order valence-electron chi connectivity index (χ2n) is 7.68. The van der Waals surface area contributed by atoms with Crippen LogP contribution in [0, 0.1) is 0 Å². The Morgan fingerprint density at radius 3 is 2.75 bits per heavy atom. The van der Waals surface area contributed by atoms with Crippen molar-refractivity contribution in [2.24, 2.45) is 4.99 Å². The lowest BCUT2D eigenvalue weighted by atomic mass is 10.2. The van der Waals surface area contributed by atoms with Gasteiger partial charge in [-0.1, -0.05) is 20.3 Å². The number of aromatic nitrogens is 3. The van der Waals surface area contributed by atoms with Crippen molar-refractivity contribution in [2.75, 3.05) is 39.8 Å². The first kappa shape index (κ1) is 23.4. The van der Waals surface area contributed by atoms with Crippen molar-refractivity contribution in [1.82, 2.24) is 29.9 Å². The molecule has 160 valence electrons. The second kappa shape index (κ2) is 11.9. The maximum Gasteiger partial charge on any atom is 0.193 e. The van der Waals surface area contributed by atoms with Crippen LogP contribution in [-0.4, -0.2) is 76.3 Å². The molecule has 0 amide bonds. The molecule has 3 heterocycles. The maximum atomic E-state index is 4.51. The van der Waals surface area contributed by atoms with Gasteiger partial charge in [-0.05, 0) is 38.8 Å². The summed E-state index contributed by atoms with van der Waals surface area (Å²) in [4.78, 5) is 9.48. The number of hydrogen-bond donors (Lipinski definition) is 1. The Bertz CT molecular complexity index is 612. The van der Waals surface area contributed by atoms with Crippen LogP contribution in [0.15, 0.2) is 4.99 Å². The summed E-state index contributed by atoms with van der Waals surface area (Å²) in [6.45, 7) is 11.0. The molecule has 1 N–H and O–H groups in total. The molecule has 0 aromatic carbocycles. The lowest BCUT2D eigenvalue weighted by Gasteiger charge is -2.27. The zero-order chi connectivity index (χ0) is 19.1. The summed E-state index contributed by atoms with van der Waals surface area (Å²) in [6.07, 6.45) is 8.18. The van der Waals surface area contributed by atoms with Crippen molar-refractivity contribution in [3.8, 4) is 0 Å². The Labute approximate surface area is 187 Å². The number of halogens is 1. The van der Waals surface area contributed by atoms with E-state index in [9.17, 15) is 0 Å². The van der Waals surface area contributed by atoms with Crippen molar-refractivity contribution in [3.63, 3.8) is 0 Å². The minimum Gasteiger partial charge on any atom is -0.356 e. The number of likely N-dealkylation sites (N-methyl/N-ethyl adjacent to an activating group) is 1. The molecule has 2 aliphatic heterocycles. The molecule has 1 saturated heterocycles. The predicted molar refractivity (Wildman–Crippen MR) is 126 cm³/mol. The number of fused-ring (bicyclic) bond motifs is 1. The van der Waals surface area contributed by atoms with Crippen LogP contribution in [0.1, 0.15) is 57.6 Å². The zero-order valence-electron chi connectivity index (χ0n) is 17.9. The van der Waals surface area contributed by atoms with E-state index in [2.05, 4.69) is 48.7 Å². The van der Waals surface area contributed by atoms with Crippen LogP contribution >= 0.6 is 24.0 Å². The van der Waals surface area contributed by atoms with E-state index in [-0.39, 0.29) is 24.0 Å². The fourth-order valence-electron chi connectivity index (χ4n) is 4.48. The van der Waals surface area contributed by atoms with E-state index >= 15 is 0 Å². The molecule has 0 spiro atoms. The normalized spacial score (nSPS) is 20.1. The number of rotatable bonds is 7. The van der Waals surface area contributed by atoms with Crippen LogP contribution in [0.3, 0.4) is 0 Å². The average Bonchev–Trinajstić information content (AvgIpc) is 3.24. The number of aliphatic imine (C=N–C) groups is 1. The van der Waals surface area contributed by atoms with Crippen LogP contribution < -0.4 is 5.32 Å². The van der Waals surface area contributed by atoms with E-state index in [0.29, 0.717) is 6.04 Å². The van der Waals surface area contributed by atoms with E-state index in [0.717, 1.165) is 70.3 Å². The molecule has 0 bridgehead atoms. The smallest absolute Gasteiger partial charge is 0.193 e. The average molecular weight is 503 g/mol. The Morgan fingerprint density at radius 2 is 2.00 bits per heavy atom. The topological polar surface area (TPSA) is 61.6 Å². The minimum absolute atomic E-state index is 0. The van der Waals surface area contributed by atoms with Gasteiger partial charge in [-0.3, -0.25) is 9.89 Å². The Kier molecular flexibility index (Phi) is 9.98. The fraction of sp³-hybridized carbons (Fsp3) is 0.850.